The second-order valence-corrected chi connectivity index (χ2v) is 11.3. The largest absolute Gasteiger partial charge is 0.380 e. The minimum Gasteiger partial charge on any atom is -0.380 e. The number of methoxy groups -OCH3 is 1. The number of likely N-dealkylation sites (N-methyl/N-ethyl adjacent to an activating group) is 3. The molecule has 0 aromatic rings. The normalized spacial score (nSPS) is 36.8. The molecule has 188 valence electrons. The Morgan fingerprint density at radius 1 is 0.688 bits per heavy atom. The molecule has 0 radical (unpaired) electrons. The van der Waals surface area contributed by atoms with Crippen molar-refractivity contribution in [3.8, 4) is 0 Å². The van der Waals surface area contributed by atoms with Crippen LogP contribution in [0.15, 0.2) is 0 Å². The highest BCUT2D eigenvalue weighted by molar-refractivity contribution is 4.89. The molecule has 0 aromatic carbocycles. The summed E-state index contributed by atoms with van der Waals surface area (Å²) in [4.78, 5) is 7.26. The maximum Gasteiger partial charge on any atom is 0.0744 e. The summed E-state index contributed by atoms with van der Waals surface area (Å²) in [7, 11) is 8.51. The zero-order chi connectivity index (χ0) is 23.3. The summed E-state index contributed by atoms with van der Waals surface area (Å²) >= 11 is 0. The third-order valence-corrected chi connectivity index (χ3v) is 8.65. The minimum absolute atomic E-state index is 0.354. The Morgan fingerprint density at radius 3 is 1.72 bits per heavy atom. The molecule has 0 aliphatic carbocycles. The maximum atomic E-state index is 6.52. The molecular formula is C26H51N3O3. The summed E-state index contributed by atoms with van der Waals surface area (Å²) in [5.74, 6) is 3.18. The molecule has 3 rings (SSSR count). The Labute approximate surface area is 197 Å². The zero-order valence-corrected chi connectivity index (χ0v) is 22.0. The van der Waals surface area contributed by atoms with Gasteiger partial charge in [0.15, 0.2) is 0 Å². The van der Waals surface area contributed by atoms with Crippen molar-refractivity contribution < 1.29 is 14.2 Å². The molecule has 3 aliphatic rings. The highest BCUT2D eigenvalue weighted by Crippen LogP contribution is 2.31. The fraction of sp³-hybridized carbons (Fsp3) is 1.00. The average Bonchev–Trinajstić information content (AvgIpc) is 3.43. The molecule has 8 atom stereocenters. The van der Waals surface area contributed by atoms with Crippen LogP contribution in [-0.2, 0) is 14.2 Å². The van der Waals surface area contributed by atoms with Crippen molar-refractivity contribution in [1.29, 1.82) is 0 Å². The van der Waals surface area contributed by atoms with E-state index in [9.17, 15) is 0 Å². The van der Waals surface area contributed by atoms with Gasteiger partial charge in [0.25, 0.3) is 0 Å². The van der Waals surface area contributed by atoms with Crippen molar-refractivity contribution in [3.05, 3.63) is 0 Å². The van der Waals surface area contributed by atoms with Crippen LogP contribution in [0.3, 0.4) is 0 Å². The fourth-order valence-corrected chi connectivity index (χ4v) is 6.38. The van der Waals surface area contributed by atoms with Crippen LogP contribution in [0.2, 0.25) is 0 Å². The molecule has 0 saturated carbocycles. The fourth-order valence-electron chi connectivity index (χ4n) is 6.38. The van der Waals surface area contributed by atoms with Crippen LogP contribution in [0.1, 0.15) is 40.0 Å². The number of nitrogens with zero attached hydrogens (tertiary/aromatic N) is 3. The van der Waals surface area contributed by atoms with Crippen LogP contribution in [-0.4, -0.2) is 114 Å². The van der Waals surface area contributed by atoms with Crippen LogP contribution >= 0.6 is 0 Å². The molecular weight excluding hydrogens is 402 g/mol. The van der Waals surface area contributed by atoms with Crippen molar-refractivity contribution in [3.63, 3.8) is 0 Å². The number of likely N-dealkylation sites (tertiary alicyclic amines) is 3. The van der Waals surface area contributed by atoms with E-state index in [1.165, 1.54) is 13.0 Å². The minimum atomic E-state index is 0.354. The van der Waals surface area contributed by atoms with Crippen molar-refractivity contribution in [1.82, 2.24) is 14.7 Å². The van der Waals surface area contributed by atoms with Gasteiger partial charge in [-0.2, -0.15) is 0 Å². The number of ether oxygens (including phenoxy) is 3. The van der Waals surface area contributed by atoms with E-state index in [1.807, 2.05) is 7.11 Å². The molecule has 3 saturated heterocycles. The molecule has 3 aliphatic heterocycles. The van der Waals surface area contributed by atoms with E-state index in [4.69, 9.17) is 14.2 Å². The molecule has 4 unspecified atom stereocenters. The van der Waals surface area contributed by atoms with Gasteiger partial charge in [0.05, 0.1) is 18.3 Å². The SMILES string of the molecule is CC[C@@H]1CN(C)C[C@H]1OCCC(C)[C@H]1CN(C)C[C@@H]1OCCC(C)C1CN(C)CC1OC. The van der Waals surface area contributed by atoms with Gasteiger partial charge in [-0.25, -0.2) is 0 Å². The molecule has 0 bridgehead atoms. The lowest BCUT2D eigenvalue weighted by molar-refractivity contribution is -0.00746. The third kappa shape index (κ3) is 6.89. The van der Waals surface area contributed by atoms with Gasteiger partial charge in [0, 0.05) is 71.4 Å². The monoisotopic (exact) mass is 453 g/mol. The highest BCUT2D eigenvalue weighted by atomic mass is 16.5. The number of hydrogen-bond donors (Lipinski definition) is 0. The van der Waals surface area contributed by atoms with Gasteiger partial charge >= 0.3 is 0 Å². The molecule has 0 aromatic heterocycles. The molecule has 32 heavy (non-hydrogen) atoms. The Kier molecular flexibility index (Phi) is 10.3. The van der Waals surface area contributed by atoms with E-state index in [2.05, 4.69) is 56.6 Å². The van der Waals surface area contributed by atoms with Gasteiger partial charge in [0.1, 0.15) is 0 Å². The molecule has 0 amide bonds. The molecule has 0 N–H and O–H groups in total. The number of rotatable bonds is 12. The maximum absolute atomic E-state index is 6.52. The molecule has 6 heteroatoms. The first-order valence-corrected chi connectivity index (χ1v) is 13.1. The molecule has 3 fully saturated rings. The van der Waals surface area contributed by atoms with E-state index in [-0.39, 0.29) is 0 Å². The van der Waals surface area contributed by atoms with Crippen molar-refractivity contribution in [2.45, 2.75) is 58.3 Å². The summed E-state index contributed by atoms with van der Waals surface area (Å²) in [6, 6.07) is 0. The van der Waals surface area contributed by atoms with Crippen molar-refractivity contribution in [2.24, 2.45) is 29.6 Å². The van der Waals surface area contributed by atoms with Gasteiger partial charge in [-0.15, -0.1) is 0 Å². The van der Waals surface area contributed by atoms with Crippen molar-refractivity contribution >= 4 is 0 Å². The Balaban J connectivity index is 1.40. The van der Waals surface area contributed by atoms with E-state index >= 15 is 0 Å². The summed E-state index contributed by atoms with van der Waals surface area (Å²) in [5, 5.41) is 0. The van der Waals surface area contributed by atoms with Crippen LogP contribution < -0.4 is 0 Å². The molecule has 6 nitrogen and oxygen atoms in total. The highest BCUT2D eigenvalue weighted by Gasteiger charge is 2.37. The summed E-state index contributed by atoms with van der Waals surface area (Å²) in [6.45, 7) is 15.5. The lowest BCUT2D eigenvalue weighted by atomic mass is 9.88. The Morgan fingerprint density at radius 2 is 1.16 bits per heavy atom. The first kappa shape index (κ1) is 26.4. The second-order valence-electron chi connectivity index (χ2n) is 11.3. The van der Waals surface area contributed by atoms with Gasteiger partial charge < -0.3 is 28.9 Å². The lowest BCUT2D eigenvalue weighted by Gasteiger charge is -2.28. The Hall–Kier alpha value is -0.240. The third-order valence-electron chi connectivity index (χ3n) is 8.65. The predicted octanol–water partition coefficient (Wildman–Crippen LogP) is 2.92. The van der Waals surface area contributed by atoms with Crippen molar-refractivity contribution in [2.75, 3.05) is 80.7 Å². The average molecular weight is 454 g/mol. The predicted molar refractivity (Wildman–Crippen MR) is 131 cm³/mol. The van der Waals surface area contributed by atoms with Crippen LogP contribution in [0.5, 0.6) is 0 Å². The standard InChI is InChI=1S/C26H51N3O3/c1-8-21-13-27(4)16-24(21)31-11-9-20(3)23-15-29(6)18-26(23)32-12-10-19(2)22-14-28(5)17-25(22)30-7/h19-26H,8-18H2,1-7H3/t19?,20?,21-,22?,23-,24-,25?,26+/m1/s1. The van der Waals surface area contributed by atoms with Gasteiger partial charge in [-0.1, -0.05) is 20.8 Å². The van der Waals surface area contributed by atoms with E-state index < -0.39 is 0 Å². The first-order chi connectivity index (χ1) is 15.3. The summed E-state index contributed by atoms with van der Waals surface area (Å²) < 4.78 is 18.6. The number of hydrogen-bond acceptors (Lipinski definition) is 6. The second kappa shape index (κ2) is 12.5. The quantitative estimate of drug-likeness (QED) is 0.452. The van der Waals surface area contributed by atoms with Crippen LogP contribution in [0.4, 0.5) is 0 Å². The van der Waals surface area contributed by atoms with E-state index in [0.717, 1.165) is 58.8 Å². The van der Waals surface area contributed by atoms with Gasteiger partial charge in [0.2, 0.25) is 0 Å². The lowest BCUT2D eigenvalue weighted by Crippen LogP contribution is -2.31. The first-order valence-electron chi connectivity index (χ1n) is 13.1. The van der Waals surface area contributed by atoms with Gasteiger partial charge in [-0.05, 0) is 58.2 Å². The molecule has 0 spiro atoms. The van der Waals surface area contributed by atoms with Crippen LogP contribution in [0, 0.1) is 29.6 Å². The molecule has 3 heterocycles. The van der Waals surface area contributed by atoms with E-state index in [0.29, 0.717) is 47.9 Å². The van der Waals surface area contributed by atoms with Crippen LogP contribution in [0.25, 0.3) is 0 Å². The smallest absolute Gasteiger partial charge is 0.0744 e. The Bertz CT molecular complexity index is 550. The topological polar surface area (TPSA) is 37.4 Å². The summed E-state index contributed by atoms with van der Waals surface area (Å²) in [5.41, 5.74) is 0. The van der Waals surface area contributed by atoms with Gasteiger partial charge in [-0.3, -0.25) is 0 Å². The summed E-state index contributed by atoms with van der Waals surface area (Å²) in [6.07, 6.45) is 4.61. The zero-order valence-electron chi connectivity index (χ0n) is 22.0. The van der Waals surface area contributed by atoms with E-state index in [1.54, 1.807) is 0 Å².